The zero-order chi connectivity index (χ0) is 12.3. The van der Waals surface area contributed by atoms with E-state index in [0.29, 0.717) is 6.54 Å². The molecule has 0 unspecified atom stereocenters. The van der Waals surface area contributed by atoms with Gasteiger partial charge in [0.2, 0.25) is 0 Å². The molecule has 3 heteroatoms. The summed E-state index contributed by atoms with van der Waals surface area (Å²) in [5.41, 5.74) is 2.64. The van der Waals surface area contributed by atoms with Crippen LogP contribution in [-0.4, -0.2) is 37.4 Å². The highest BCUT2D eigenvalue weighted by atomic mass is 16.5. The fraction of sp³-hybridized carbons (Fsp3) is 0.500. The standard InChI is InChI=1S/C14H19NO2/c1-11(16)10-15(2)7-5-12-3-4-14-13(9-12)6-8-17-14/h3-4,9H,5-8,10H2,1-2H3. The lowest BCUT2D eigenvalue weighted by atomic mass is 10.1. The second-order valence-electron chi connectivity index (χ2n) is 4.73. The van der Waals surface area contributed by atoms with Crippen molar-refractivity contribution in [3.8, 4) is 5.75 Å². The molecule has 0 atom stereocenters. The van der Waals surface area contributed by atoms with Crippen LogP contribution in [0.5, 0.6) is 5.75 Å². The molecule has 92 valence electrons. The first kappa shape index (κ1) is 12.1. The van der Waals surface area contributed by atoms with Gasteiger partial charge in [-0.1, -0.05) is 12.1 Å². The maximum Gasteiger partial charge on any atom is 0.143 e. The van der Waals surface area contributed by atoms with Gasteiger partial charge in [-0.15, -0.1) is 0 Å². The minimum atomic E-state index is 0.217. The van der Waals surface area contributed by atoms with E-state index in [2.05, 4.69) is 23.1 Å². The highest BCUT2D eigenvalue weighted by Crippen LogP contribution is 2.25. The predicted octanol–water partition coefficient (Wildman–Crippen LogP) is 1.68. The SMILES string of the molecule is CC(=O)CN(C)CCc1ccc2c(c1)CCO2. The van der Waals surface area contributed by atoms with Gasteiger partial charge in [0.1, 0.15) is 11.5 Å². The van der Waals surface area contributed by atoms with Crippen LogP contribution in [0.15, 0.2) is 18.2 Å². The number of likely N-dealkylation sites (N-methyl/N-ethyl adjacent to an activating group) is 1. The van der Waals surface area contributed by atoms with E-state index in [1.807, 2.05) is 7.05 Å². The lowest BCUT2D eigenvalue weighted by molar-refractivity contribution is -0.117. The first-order valence-corrected chi connectivity index (χ1v) is 6.08. The third-order valence-corrected chi connectivity index (χ3v) is 3.03. The minimum Gasteiger partial charge on any atom is -0.493 e. The van der Waals surface area contributed by atoms with Gasteiger partial charge in [-0.3, -0.25) is 9.69 Å². The van der Waals surface area contributed by atoms with Gasteiger partial charge in [-0.05, 0) is 37.6 Å². The number of fused-ring (bicyclic) bond motifs is 1. The number of hydrogen-bond donors (Lipinski definition) is 0. The third-order valence-electron chi connectivity index (χ3n) is 3.03. The summed E-state index contributed by atoms with van der Waals surface area (Å²) in [7, 11) is 1.98. The Morgan fingerprint density at radius 1 is 1.47 bits per heavy atom. The van der Waals surface area contributed by atoms with E-state index in [0.717, 1.165) is 31.7 Å². The average Bonchev–Trinajstić information content (AvgIpc) is 2.72. The Bertz CT molecular complexity index is 415. The molecule has 0 saturated heterocycles. The molecule has 0 saturated carbocycles. The Morgan fingerprint density at radius 3 is 3.06 bits per heavy atom. The molecule has 0 N–H and O–H groups in total. The lowest BCUT2D eigenvalue weighted by Gasteiger charge is -2.14. The molecule has 0 amide bonds. The van der Waals surface area contributed by atoms with Gasteiger partial charge in [-0.2, -0.15) is 0 Å². The Hall–Kier alpha value is -1.35. The number of ether oxygens (including phenoxy) is 1. The molecule has 3 nitrogen and oxygen atoms in total. The van der Waals surface area contributed by atoms with E-state index in [-0.39, 0.29) is 5.78 Å². The van der Waals surface area contributed by atoms with E-state index in [1.165, 1.54) is 11.1 Å². The first-order valence-electron chi connectivity index (χ1n) is 6.08. The van der Waals surface area contributed by atoms with Gasteiger partial charge in [0.15, 0.2) is 0 Å². The molecule has 1 heterocycles. The summed E-state index contributed by atoms with van der Waals surface area (Å²) in [6, 6.07) is 6.40. The van der Waals surface area contributed by atoms with Crippen molar-refractivity contribution in [3.63, 3.8) is 0 Å². The number of carbonyl (C=O) groups is 1. The molecule has 1 aromatic carbocycles. The molecular formula is C14H19NO2. The van der Waals surface area contributed by atoms with Gasteiger partial charge < -0.3 is 4.74 Å². The molecule has 1 aliphatic rings. The van der Waals surface area contributed by atoms with Crippen LogP contribution in [-0.2, 0) is 17.6 Å². The maximum atomic E-state index is 11.0. The van der Waals surface area contributed by atoms with E-state index in [4.69, 9.17) is 4.74 Å². The highest BCUT2D eigenvalue weighted by molar-refractivity contribution is 5.77. The Balaban J connectivity index is 1.89. The summed E-state index contributed by atoms with van der Waals surface area (Å²) in [5.74, 6) is 1.25. The molecule has 0 fully saturated rings. The van der Waals surface area contributed by atoms with E-state index in [9.17, 15) is 4.79 Å². The summed E-state index contributed by atoms with van der Waals surface area (Å²) in [5, 5.41) is 0. The smallest absolute Gasteiger partial charge is 0.143 e. The monoisotopic (exact) mass is 233 g/mol. The number of ketones is 1. The van der Waals surface area contributed by atoms with Crippen molar-refractivity contribution in [3.05, 3.63) is 29.3 Å². The Kier molecular flexibility index (Phi) is 3.79. The molecule has 0 spiro atoms. The lowest BCUT2D eigenvalue weighted by Crippen LogP contribution is -2.26. The molecule has 0 aromatic heterocycles. The fourth-order valence-corrected chi connectivity index (χ4v) is 2.17. The fourth-order valence-electron chi connectivity index (χ4n) is 2.17. The normalized spacial score (nSPS) is 13.6. The summed E-state index contributed by atoms with van der Waals surface area (Å²) < 4.78 is 5.48. The van der Waals surface area contributed by atoms with Crippen LogP contribution >= 0.6 is 0 Å². The number of benzene rings is 1. The van der Waals surface area contributed by atoms with Crippen LogP contribution in [0.3, 0.4) is 0 Å². The van der Waals surface area contributed by atoms with Crippen molar-refractivity contribution in [1.29, 1.82) is 0 Å². The van der Waals surface area contributed by atoms with Crippen LogP contribution in [0, 0.1) is 0 Å². The molecule has 0 aliphatic carbocycles. The van der Waals surface area contributed by atoms with Gasteiger partial charge in [0, 0.05) is 13.0 Å². The van der Waals surface area contributed by atoms with Crippen LogP contribution < -0.4 is 4.74 Å². The van der Waals surface area contributed by atoms with E-state index < -0.39 is 0 Å². The zero-order valence-corrected chi connectivity index (χ0v) is 10.5. The third kappa shape index (κ3) is 3.30. The molecule has 1 aliphatic heterocycles. The second kappa shape index (κ2) is 5.32. The van der Waals surface area contributed by atoms with Crippen molar-refractivity contribution >= 4 is 5.78 Å². The molecular weight excluding hydrogens is 214 g/mol. The van der Waals surface area contributed by atoms with Gasteiger partial charge in [-0.25, -0.2) is 0 Å². The Labute approximate surface area is 102 Å². The van der Waals surface area contributed by atoms with Crippen molar-refractivity contribution in [2.45, 2.75) is 19.8 Å². The number of Topliss-reactive ketones (excluding diaryl/α,β-unsaturated/α-hetero) is 1. The summed E-state index contributed by atoms with van der Waals surface area (Å²) in [6.07, 6.45) is 2.00. The van der Waals surface area contributed by atoms with Crippen molar-refractivity contribution in [2.75, 3.05) is 26.7 Å². The van der Waals surface area contributed by atoms with Crippen molar-refractivity contribution in [1.82, 2.24) is 4.90 Å². The molecule has 17 heavy (non-hydrogen) atoms. The number of hydrogen-bond acceptors (Lipinski definition) is 3. The van der Waals surface area contributed by atoms with Crippen molar-refractivity contribution < 1.29 is 9.53 Å². The number of rotatable bonds is 5. The average molecular weight is 233 g/mol. The van der Waals surface area contributed by atoms with E-state index >= 15 is 0 Å². The quantitative estimate of drug-likeness (QED) is 0.775. The van der Waals surface area contributed by atoms with Crippen LogP contribution in [0.2, 0.25) is 0 Å². The summed E-state index contributed by atoms with van der Waals surface area (Å²) in [6.45, 7) is 3.89. The van der Waals surface area contributed by atoms with Gasteiger partial charge in [0.25, 0.3) is 0 Å². The first-order chi connectivity index (χ1) is 8.15. The largest absolute Gasteiger partial charge is 0.493 e. The Morgan fingerprint density at radius 2 is 2.29 bits per heavy atom. The maximum absolute atomic E-state index is 11.0. The van der Waals surface area contributed by atoms with E-state index in [1.54, 1.807) is 6.92 Å². The second-order valence-corrected chi connectivity index (χ2v) is 4.73. The predicted molar refractivity (Wildman–Crippen MR) is 67.5 cm³/mol. The molecule has 2 rings (SSSR count). The van der Waals surface area contributed by atoms with Crippen LogP contribution in [0.1, 0.15) is 18.1 Å². The van der Waals surface area contributed by atoms with Gasteiger partial charge in [0.05, 0.1) is 13.2 Å². The molecule has 0 bridgehead atoms. The van der Waals surface area contributed by atoms with Gasteiger partial charge >= 0.3 is 0 Å². The van der Waals surface area contributed by atoms with Crippen LogP contribution in [0.25, 0.3) is 0 Å². The highest BCUT2D eigenvalue weighted by Gasteiger charge is 2.12. The molecule has 1 aromatic rings. The molecule has 0 radical (unpaired) electrons. The number of nitrogens with zero attached hydrogens (tertiary/aromatic N) is 1. The van der Waals surface area contributed by atoms with Crippen molar-refractivity contribution in [2.24, 2.45) is 0 Å². The zero-order valence-electron chi connectivity index (χ0n) is 10.5. The topological polar surface area (TPSA) is 29.5 Å². The summed E-state index contributed by atoms with van der Waals surface area (Å²) >= 11 is 0. The summed E-state index contributed by atoms with van der Waals surface area (Å²) in [4.78, 5) is 13.0. The number of carbonyl (C=O) groups excluding carboxylic acids is 1. The van der Waals surface area contributed by atoms with Crippen LogP contribution in [0.4, 0.5) is 0 Å². The minimum absolute atomic E-state index is 0.217.